The summed E-state index contributed by atoms with van der Waals surface area (Å²) in [6.07, 6.45) is -7.02. The molecule has 220 valence electrons. The van der Waals surface area contributed by atoms with E-state index in [0.717, 1.165) is 33.8 Å². The molecule has 3 rings (SSSR count). The van der Waals surface area contributed by atoms with Gasteiger partial charge in [0, 0.05) is 40.2 Å². The minimum atomic E-state index is -1.51. The minimum absolute atomic E-state index is 0.00744. The van der Waals surface area contributed by atoms with Gasteiger partial charge in [0.2, 0.25) is 12.4 Å². The van der Waals surface area contributed by atoms with Gasteiger partial charge in [0.1, 0.15) is 30.0 Å². The number of phenols is 2. The van der Waals surface area contributed by atoms with Gasteiger partial charge in [0.05, 0.1) is 5.56 Å². The standard InChI is InChI=1S/C28H30O13/c1-14(29)36-13-24-25(37-15(2)30)26(38-16(3)31)27(39-17(4)32)28(41-24)40-20-9-10-21(23(35)12-20)22(34)11-18-5-7-19(33)8-6-18/h5-10,12,24-28,33,35H,11,13H2,1-4H3/t24-,25+,26+,27+,28-/m1/s1. The fourth-order valence-electron chi connectivity index (χ4n) is 4.13. The van der Waals surface area contributed by atoms with Crippen LogP contribution in [0.1, 0.15) is 43.6 Å². The van der Waals surface area contributed by atoms with E-state index in [4.69, 9.17) is 28.4 Å². The Labute approximate surface area is 234 Å². The third-order valence-corrected chi connectivity index (χ3v) is 5.77. The summed E-state index contributed by atoms with van der Waals surface area (Å²) >= 11 is 0. The van der Waals surface area contributed by atoms with E-state index in [-0.39, 0.29) is 23.5 Å². The van der Waals surface area contributed by atoms with Crippen molar-refractivity contribution in [3.05, 3.63) is 53.6 Å². The van der Waals surface area contributed by atoms with Gasteiger partial charge in [-0.15, -0.1) is 0 Å². The largest absolute Gasteiger partial charge is 0.508 e. The molecule has 0 unspecified atom stereocenters. The number of hydrogen-bond donors (Lipinski definition) is 2. The van der Waals surface area contributed by atoms with E-state index in [1.807, 2.05) is 0 Å². The van der Waals surface area contributed by atoms with Crippen LogP contribution in [0, 0.1) is 0 Å². The molecule has 2 aromatic carbocycles. The number of benzene rings is 2. The summed E-state index contributed by atoms with van der Waals surface area (Å²) in [5, 5.41) is 20.0. The van der Waals surface area contributed by atoms with Crippen LogP contribution >= 0.6 is 0 Å². The number of aromatic hydroxyl groups is 2. The first-order chi connectivity index (χ1) is 19.3. The molecule has 0 saturated carbocycles. The molecule has 1 saturated heterocycles. The van der Waals surface area contributed by atoms with Crippen LogP contribution in [-0.4, -0.2) is 77.2 Å². The Bertz CT molecular complexity index is 1290. The van der Waals surface area contributed by atoms with Crippen LogP contribution < -0.4 is 4.74 Å². The fourth-order valence-corrected chi connectivity index (χ4v) is 4.13. The van der Waals surface area contributed by atoms with Gasteiger partial charge < -0.3 is 38.6 Å². The third-order valence-electron chi connectivity index (χ3n) is 5.77. The molecule has 1 fully saturated rings. The molecule has 0 bridgehead atoms. The molecule has 13 heteroatoms. The monoisotopic (exact) mass is 574 g/mol. The number of hydrogen-bond acceptors (Lipinski definition) is 13. The normalized spacial score (nSPS) is 21.7. The second-order valence-electron chi connectivity index (χ2n) is 9.13. The van der Waals surface area contributed by atoms with Crippen molar-refractivity contribution in [1.82, 2.24) is 0 Å². The van der Waals surface area contributed by atoms with E-state index in [9.17, 15) is 34.2 Å². The molecule has 41 heavy (non-hydrogen) atoms. The molecule has 1 aliphatic heterocycles. The highest BCUT2D eigenvalue weighted by atomic mass is 16.7. The number of esters is 4. The van der Waals surface area contributed by atoms with Crippen molar-refractivity contribution in [1.29, 1.82) is 0 Å². The zero-order valence-corrected chi connectivity index (χ0v) is 22.7. The van der Waals surface area contributed by atoms with E-state index < -0.39 is 72.7 Å². The number of phenolic OH excluding ortho intramolecular Hbond substituents is 2. The van der Waals surface area contributed by atoms with Gasteiger partial charge in [0.25, 0.3) is 0 Å². The summed E-state index contributed by atoms with van der Waals surface area (Å²) in [7, 11) is 0. The molecule has 0 spiro atoms. The smallest absolute Gasteiger partial charge is 0.303 e. The maximum Gasteiger partial charge on any atom is 0.303 e. The van der Waals surface area contributed by atoms with Crippen LogP contribution in [0.2, 0.25) is 0 Å². The number of rotatable bonds is 10. The van der Waals surface area contributed by atoms with Crippen LogP contribution in [0.3, 0.4) is 0 Å². The Hall–Kier alpha value is -4.65. The molecule has 0 amide bonds. The highest BCUT2D eigenvalue weighted by Gasteiger charge is 2.53. The molecule has 2 aromatic rings. The van der Waals surface area contributed by atoms with Crippen molar-refractivity contribution in [3.63, 3.8) is 0 Å². The first-order valence-corrected chi connectivity index (χ1v) is 12.4. The van der Waals surface area contributed by atoms with Gasteiger partial charge in [-0.3, -0.25) is 24.0 Å². The Kier molecular flexibility index (Phi) is 10.3. The van der Waals surface area contributed by atoms with E-state index >= 15 is 0 Å². The summed E-state index contributed by atoms with van der Waals surface area (Å²) in [6, 6.07) is 9.84. The summed E-state index contributed by atoms with van der Waals surface area (Å²) in [5.41, 5.74) is 0.608. The van der Waals surface area contributed by atoms with Gasteiger partial charge in [-0.05, 0) is 29.8 Å². The zero-order chi connectivity index (χ0) is 30.3. The molecule has 0 radical (unpaired) electrons. The second-order valence-corrected chi connectivity index (χ2v) is 9.13. The van der Waals surface area contributed by atoms with Crippen molar-refractivity contribution in [3.8, 4) is 17.2 Å². The molecule has 0 aliphatic carbocycles. The van der Waals surface area contributed by atoms with Crippen molar-refractivity contribution >= 4 is 29.7 Å². The Morgan fingerprint density at radius 2 is 1.34 bits per heavy atom. The highest BCUT2D eigenvalue weighted by molar-refractivity contribution is 6.00. The summed E-state index contributed by atoms with van der Waals surface area (Å²) in [4.78, 5) is 60.0. The molecule has 0 aromatic heterocycles. The van der Waals surface area contributed by atoms with E-state index in [1.54, 1.807) is 12.1 Å². The predicted molar refractivity (Wildman–Crippen MR) is 137 cm³/mol. The fraction of sp³-hybridized carbons (Fsp3) is 0.393. The Balaban J connectivity index is 1.90. The van der Waals surface area contributed by atoms with Crippen LogP contribution in [0.15, 0.2) is 42.5 Å². The lowest BCUT2D eigenvalue weighted by atomic mass is 9.98. The lowest BCUT2D eigenvalue weighted by Crippen LogP contribution is -2.63. The first kappa shape index (κ1) is 30.9. The zero-order valence-electron chi connectivity index (χ0n) is 22.7. The van der Waals surface area contributed by atoms with Crippen LogP contribution in [0.25, 0.3) is 0 Å². The Morgan fingerprint density at radius 3 is 1.90 bits per heavy atom. The average molecular weight is 575 g/mol. The molecule has 1 aliphatic rings. The number of carbonyl (C=O) groups excluding carboxylic acids is 5. The quantitative estimate of drug-likeness (QED) is 0.239. The Morgan fingerprint density at radius 1 is 0.756 bits per heavy atom. The van der Waals surface area contributed by atoms with Gasteiger partial charge >= 0.3 is 23.9 Å². The SMILES string of the molecule is CC(=O)OC[C@H]1O[C@@H](Oc2ccc(C(=O)Cc3ccc(O)cc3)c(O)c2)[C@@H](OC(C)=O)[C@@H](OC(C)=O)[C@H]1OC(C)=O. The second kappa shape index (κ2) is 13.6. The van der Waals surface area contributed by atoms with Crippen LogP contribution in [-0.2, 0) is 49.3 Å². The molecule has 13 nitrogen and oxygen atoms in total. The number of ether oxygens (including phenoxy) is 6. The topological polar surface area (TPSA) is 181 Å². The van der Waals surface area contributed by atoms with Crippen LogP contribution in [0.5, 0.6) is 17.2 Å². The van der Waals surface area contributed by atoms with Crippen LogP contribution in [0.4, 0.5) is 0 Å². The van der Waals surface area contributed by atoms with E-state index in [0.29, 0.717) is 5.56 Å². The molecule has 1 heterocycles. The van der Waals surface area contributed by atoms with E-state index in [1.165, 1.54) is 24.3 Å². The maximum absolute atomic E-state index is 12.8. The molecule has 2 N–H and O–H groups in total. The van der Waals surface area contributed by atoms with Crippen molar-refractivity contribution in [2.24, 2.45) is 0 Å². The van der Waals surface area contributed by atoms with Gasteiger partial charge in [-0.2, -0.15) is 0 Å². The summed E-state index contributed by atoms with van der Waals surface area (Å²) < 4.78 is 32.8. The summed E-state index contributed by atoms with van der Waals surface area (Å²) in [6.45, 7) is 4.00. The van der Waals surface area contributed by atoms with Crippen molar-refractivity contribution in [2.45, 2.75) is 64.8 Å². The average Bonchev–Trinajstić information content (AvgIpc) is 2.87. The lowest BCUT2D eigenvalue weighted by molar-refractivity contribution is -0.288. The van der Waals surface area contributed by atoms with Crippen molar-refractivity contribution < 1.29 is 62.6 Å². The number of Topliss-reactive ketones (excluding diaryl/α,β-unsaturated/α-hetero) is 1. The van der Waals surface area contributed by atoms with Crippen molar-refractivity contribution in [2.75, 3.05) is 6.61 Å². The molecular weight excluding hydrogens is 544 g/mol. The van der Waals surface area contributed by atoms with Gasteiger partial charge in [-0.25, -0.2) is 0 Å². The number of carbonyl (C=O) groups is 5. The van der Waals surface area contributed by atoms with Gasteiger partial charge in [-0.1, -0.05) is 12.1 Å². The first-order valence-electron chi connectivity index (χ1n) is 12.4. The lowest BCUT2D eigenvalue weighted by Gasteiger charge is -2.43. The van der Waals surface area contributed by atoms with E-state index in [2.05, 4.69) is 0 Å². The number of ketones is 1. The maximum atomic E-state index is 12.8. The van der Waals surface area contributed by atoms with Gasteiger partial charge in [0.15, 0.2) is 18.0 Å². The predicted octanol–water partition coefficient (Wildman–Crippen LogP) is 1.99. The summed E-state index contributed by atoms with van der Waals surface area (Å²) in [5.74, 6) is -3.85. The molecular formula is C28H30O13. The third kappa shape index (κ3) is 8.67. The molecule has 5 atom stereocenters. The highest BCUT2D eigenvalue weighted by Crippen LogP contribution is 2.33. The minimum Gasteiger partial charge on any atom is -0.508 e.